The second-order valence-electron chi connectivity index (χ2n) is 6.28. The molecular weight excluding hydrogens is 294 g/mol. The summed E-state index contributed by atoms with van der Waals surface area (Å²) in [5, 5.41) is 2.93. The van der Waals surface area contributed by atoms with E-state index in [-0.39, 0.29) is 11.5 Å². The number of benzene rings is 1. The molecular formula is C18H27NO4. The number of amides is 1. The third kappa shape index (κ3) is 5.27. The molecule has 0 heterocycles. The average Bonchev–Trinajstić information content (AvgIpc) is 3.27. The van der Waals surface area contributed by atoms with Gasteiger partial charge in [0.2, 0.25) is 0 Å². The Morgan fingerprint density at radius 1 is 1.09 bits per heavy atom. The van der Waals surface area contributed by atoms with Gasteiger partial charge in [-0.2, -0.15) is 0 Å². The molecule has 0 aromatic heterocycles. The van der Waals surface area contributed by atoms with Crippen LogP contribution in [-0.4, -0.2) is 24.8 Å². The molecule has 1 aromatic carbocycles. The second-order valence-corrected chi connectivity index (χ2v) is 6.28. The van der Waals surface area contributed by atoms with Crippen LogP contribution in [-0.2, 0) is 15.0 Å². The maximum absolute atomic E-state index is 11.9. The highest BCUT2D eigenvalue weighted by Crippen LogP contribution is 2.45. The fraction of sp³-hybridized carbons (Fsp3) is 0.556. The smallest absolute Gasteiger partial charge is 0.408 e. The molecule has 128 valence electrons. The van der Waals surface area contributed by atoms with Crippen LogP contribution in [0.3, 0.4) is 0 Å². The summed E-state index contributed by atoms with van der Waals surface area (Å²) < 4.78 is 9.96. The summed E-state index contributed by atoms with van der Waals surface area (Å²) in [4.78, 5) is 23.3. The van der Waals surface area contributed by atoms with Gasteiger partial charge in [0.05, 0.1) is 18.2 Å². The Kier molecular flexibility index (Phi) is 6.19. The van der Waals surface area contributed by atoms with E-state index in [1.54, 1.807) is 12.1 Å². The molecule has 1 N–H and O–H groups in total. The first-order chi connectivity index (χ1) is 10.8. The van der Waals surface area contributed by atoms with Gasteiger partial charge in [0.1, 0.15) is 5.60 Å². The van der Waals surface area contributed by atoms with Gasteiger partial charge in [-0.15, -0.1) is 0 Å². The van der Waals surface area contributed by atoms with Crippen LogP contribution in [0.25, 0.3) is 0 Å². The average molecular weight is 321 g/mol. The Bertz CT molecular complexity index is 539. The lowest BCUT2D eigenvalue weighted by atomic mass is 10.0. The van der Waals surface area contributed by atoms with Crippen molar-refractivity contribution in [2.24, 2.45) is 0 Å². The van der Waals surface area contributed by atoms with E-state index in [2.05, 4.69) is 10.1 Å². The first-order valence-electron chi connectivity index (χ1n) is 7.96. The van der Waals surface area contributed by atoms with Gasteiger partial charge in [-0.1, -0.05) is 26.0 Å². The summed E-state index contributed by atoms with van der Waals surface area (Å²) in [7, 11) is 1.35. The number of esters is 1. The molecule has 1 aliphatic carbocycles. The first-order valence-corrected chi connectivity index (χ1v) is 7.96. The number of hydrogen-bond donors (Lipinski definition) is 1. The standard InChI is InChI=1S/C16H21NO4.C2H6/c1-15(2,3)21-14(19)17-16(9-10-16)12-7-5-11(6-8-12)13(18)20-4;1-2/h5-8H,9-10H2,1-4H3,(H,17,19);1-2H3. The normalized spacial score (nSPS) is 14.9. The van der Waals surface area contributed by atoms with E-state index in [0.29, 0.717) is 5.56 Å². The molecule has 1 aliphatic rings. The highest BCUT2D eigenvalue weighted by molar-refractivity contribution is 5.89. The van der Waals surface area contributed by atoms with Gasteiger partial charge in [0, 0.05) is 0 Å². The zero-order valence-electron chi connectivity index (χ0n) is 14.9. The molecule has 0 aliphatic heterocycles. The minimum atomic E-state index is -0.519. The number of methoxy groups -OCH3 is 1. The zero-order chi connectivity index (χ0) is 17.7. The van der Waals surface area contributed by atoms with Gasteiger partial charge in [0.25, 0.3) is 0 Å². The molecule has 0 unspecified atom stereocenters. The first kappa shape index (κ1) is 19.0. The summed E-state index contributed by atoms with van der Waals surface area (Å²) in [6.07, 6.45) is 1.31. The van der Waals surface area contributed by atoms with Crippen molar-refractivity contribution in [2.75, 3.05) is 7.11 Å². The maximum atomic E-state index is 11.9. The van der Waals surface area contributed by atoms with Crippen LogP contribution < -0.4 is 5.32 Å². The molecule has 23 heavy (non-hydrogen) atoms. The fourth-order valence-corrected chi connectivity index (χ4v) is 2.15. The predicted octanol–water partition coefficient (Wildman–Crippen LogP) is 4.01. The van der Waals surface area contributed by atoms with Crippen molar-refractivity contribution >= 4 is 12.1 Å². The van der Waals surface area contributed by atoms with Gasteiger partial charge in [0.15, 0.2) is 0 Å². The Morgan fingerprint density at radius 3 is 2.00 bits per heavy atom. The fourth-order valence-electron chi connectivity index (χ4n) is 2.15. The third-order valence-electron chi connectivity index (χ3n) is 3.35. The molecule has 1 fully saturated rings. The monoisotopic (exact) mass is 321 g/mol. The SMILES string of the molecule is CC.COC(=O)c1ccc(C2(NC(=O)OC(C)(C)C)CC2)cc1. The van der Waals surface area contributed by atoms with Crippen LogP contribution in [0.4, 0.5) is 4.79 Å². The molecule has 0 radical (unpaired) electrons. The van der Waals surface area contributed by atoms with E-state index >= 15 is 0 Å². The van der Waals surface area contributed by atoms with E-state index in [9.17, 15) is 9.59 Å². The number of carbonyl (C=O) groups excluding carboxylic acids is 2. The van der Waals surface area contributed by atoms with Gasteiger partial charge in [-0.25, -0.2) is 9.59 Å². The van der Waals surface area contributed by atoms with Gasteiger partial charge in [-0.3, -0.25) is 0 Å². The van der Waals surface area contributed by atoms with Crippen LogP contribution in [0.2, 0.25) is 0 Å². The second kappa shape index (κ2) is 7.49. The Labute approximate surface area is 138 Å². The van der Waals surface area contributed by atoms with Crippen LogP contribution >= 0.6 is 0 Å². The summed E-state index contributed by atoms with van der Waals surface area (Å²) in [5.41, 5.74) is 0.585. The topological polar surface area (TPSA) is 64.6 Å². The van der Waals surface area contributed by atoms with E-state index in [4.69, 9.17) is 4.74 Å². The summed E-state index contributed by atoms with van der Waals surface area (Å²) in [6.45, 7) is 9.49. The molecule has 0 saturated heterocycles. The molecule has 0 spiro atoms. The van der Waals surface area contributed by atoms with Crippen LogP contribution in [0.1, 0.15) is 63.4 Å². The van der Waals surface area contributed by atoms with Gasteiger partial charge < -0.3 is 14.8 Å². The van der Waals surface area contributed by atoms with Crippen molar-refractivity contribution in [3.8, 4) is 0 Å². The number of nitrogens with one attached hydrogen (secondary N) is 1. The predicted molar refractivity (Wildman–Crippen MR) is 89.4 cm³/mol. The van der Waals surface area contributed by atoms with Crippen molar-refractivity contribution < 1.29 is 19.1 Å². The van der Waals surface area contributed by atoms with Gasteiger partial charge >= 0.3 is 12.1 Å². The Balaban J connectivity index is 0.00000127. The maximum Gasteiger partial charge on any atom is 0.408 e. The van der Waals surface area contributed by atoms with E-state index < -0.39 is 11.7 Å². The Hall–Kier alpha value is -2.04. The van der Waals surface area contributed by atoms with Gasteiger partial charge in [-0.05, 0) is 51.3 Å². The zero-order valence-corrected chi connectivity index (χ0v) is 14.9. The van der Waals surface area contributed by atoms with Crippen LogP contribution in [0, 0.1) is 0 Å². The van der Waals surface area contributed by atoms with Crippen molar-refractivity contribution in [3.63, 3.8) is 0 Å². The highest BCUT2D eigenvalue weighted by atomic mass is 16.6. The number of alkyl carbamates (subject to hydrolysis) is 1. The lowest BCUT2D eigenvalue weighted by Gasteiger charge is -2.23. The molecule has 5 heteroatoms. The summed E-state index contributed by atoms with van der Waals surface area (Å²) in [6, 6.07) is 7.10. The molecule has 2 rings (SSSR count). The lowest BCUT2D eigenvalue weighted by Crippen LogP contribution is -2.39. The molecule has 1 saturated carbocycles. The molecule has 1 aromatic rings. The number of carbonyl (C=O) groups is 2. The summed E-state index contributed by atoms with van der Waals surface area (Å²) in [5.74, 6) is -0.369. The van der Waals surface area contributed by atoms with E-state index in [0.717, 1.165) is 18.4 Å². The minimum Gasteiger partial charge on any atom is -0.465 e. The number of hydrogen-bond acceptors (Lipinski definition) is 4. The highest BCUT2D eigenvalue weighted by Gasteiger charge is 2.46. The van der Waals surface area contributed by atoms with Crippen LogP contribution in [0.15, 0.2) is 24.3 Å². The van der Waals surface area contributed by atoms with Crippen LogP contribution in [0.5, 0.6) is 0 Å². The lowest BCUT2D eigenvalue weighted by molar-refractivity contribution is 0.0493. The van der Waals surface area contributed by atoms with Crippen molar-refractivity contribution in [3.05, 3.63) is 35.4 Å². The van der Waals surface area contributed by atoms with Crippen molar-refractivity contribution in [2.45, 2.75) is 58.6 Å². The minimum absolute atomic E-state index is 0.364. The molecule has 0 bridgehead atoms. The molecule has 0 atom stereocenters. The number of rotatable bonds is 3. The van der Waals surface area contributed by atoms with E-state index in [1.807, 2.05) is 46.8 Å². The molecule has 1 amide bonds. The quantitative estimate of drug-likeness (QED) is 0.854. The third-order valence-corrected chi connectivity index (χ3v) is 3.35. The largest absolute Gasteiger partial charge is 0.465 e. The van der Waals surface area contributed by atoms with Crippen molar-refractivity contribution in [1.82, 2.24) is 5.32 Å². The molecule has 5 nitrogen and oxygen atoms in total. The summed E-state index contributed by atoms with van der Waals surface area (Å²) >= 11 is 0. The van der Waals surface area contributed by atoms with Crippen molar-refractivity contribution in [1.29, 1.82) is 0 Å². The Morgan fingerprint density at radius 2 is 1.61 bits per heavy atom. The number of ether oxygens (including phenoxy) is 2. The van der Waals surface area contributed by atoms with E-state index in [1.165, 1.54) is 7.11 Å².